The summed E-state index contributed by atoms with van der Waals surface area (Å²) in [5, 5.41) is 9.96. The minimum Gasteiger partial charge on any atom is -0.264 e. The van der Waals surface area contributed by atoms with Gasteiger partial charge in [-0.25, -0.2) is 0 Å². The van der Waals surface area contributed by atoms with Crippen molar-refractivity contribution in [1.82, 2.24) is 4.98 Å². The van der Waals surface area contributed by atoms with Crippen molar-refractivity contribution in [2.75, 3.05) is 0 Å². The van der Waals surface area contributed by atoms with E-state index in [1.165, 1.54) is 97.4 Å². The highest BCUT2D eigenvalue weighted by Gasteiger charge is 2.35. The van der Waals surface area contributed by atoms with Crippen molar-refractivity contribution in [3.05, 3.63) is 175 Å². The molecule has 0 N–H and O–H groups in total. The van der Waals surface area contributed by atoms with Crippen molar-refractivity contribution in [3.63, 3.8) is 0 Å². The number of aromatic nitrogens is 1. The van der Waals surface area contributed by atoms with Gasteiger partial charge in [0.25, 0.3) is 0 Å². The molecule has 1 nitrogen and oxygen atoms in total. The van der Waals surface area contributed by atoms with E-state index < -0.39 is 0 Å². The molecule has 0 saturated carbocycles. The Balaban J connectivity index is 1.09. The van der Waals surface area contributed by atoms with Crippen LogP contribution in [-0.4, -0.2) is 4.98 Å². The molecule has 0 bridgehead atoms. The fraction of sp³-hybridized carbons (Fsp3) is 0.0625. The first kappa shape index (κ1) is 29.2. The Morgan fingerprint density at radius 1 is 0.460 bits per heavy atom. The van der Waals surface area contributed by atoms with Gasteiger partial charge in [0.15, 0.2) is 0 Å². The molecule has 2 heteroatoms. The summed E-state index contributed by atoms with van der Waals surface area (Å²) in [6.07, 6.45) is 3.99. The maximum Gasteiger partial charge on any atom is 0.0353 e. The third kappa shape index (κ3) is 4.38. The topological polar surface area (TPSA) is 12.9 Å². The van der Waals surface area contributed by atoms with Gasteiger partial charge in [-0.15, -0.1) is 0 Å². The first-order valence-electron chi connectivity index (χ1n) is 17.3. The zero-order valence-corrected chi connectivity index (χ0v) is 28.8. The molecule has 9 aromatic rings. The molecule has 0 radical (unpaired) electrons. The molecule has 1 aliphatic rings. The van der Waals surface area contributed by atoms with Crippen molar-refractivity contribution in [3.8, 4) is 33.4 Å². The standard InChI is InChI=1S/C48H33NS/c1-48(2)44-18-10-9-15-37(44)38-24-21-31(28-45(38)48)30-19-22-33(23-20-30)50-47-40-17-8-7-16-39(40)46(43-29-49-26-25-41(43)47)42-27-32-11-3-4-12-34(32)35-13-5-6-14-36(35)42/h3-29H,1-2H3. The lowest BCUT2D eigenvalue weighted by Crippen LogP contribution is -2.14. The van der Waals surface area contributed by atoms with E-state index in [-0.39, 0.29) is 5.41 Å². The molecule has 0 unspecified atom stereocenters. The molecule has 0 saturated heterocycles. The van der Waals surface area contributed by atoms with Crippen LogP contribution >= 0.6 is 11.8 Å². The van der Waals surface area contributed by atoms with Crippen molar-refractivity contribution in [1.29, 1.82) is 0 Å². The second-order valence-electron chi connectivity index (χ2n) is 13.9. The summed E-state index contributed by atoms with van der Waals surface area (Å²) >= 11 is 1.84. The zero-order valence-electron chi connectivity index (χ0n) is 27.9. The molecule has 1 heterocycles. The van der Waals surface area contributed by atoms with Crippen LogP contribution in [0.15, 0.2) is 174 Å². The van der Waals surface area contributed by atoms with Crippen LogP contribution in [0.25, 0.3) is 76.5 Å². The van der Waals surface area contributed by atoms with Crippen molar-refractivity contribution < 1.29 is 0 Å². The minimum atomic E-state index is -0.0139. The van der Waals surface area contributed by atoms with Crippen molar-refractivity contribution in [2.45, 2.75) is 29.1 Å². The summed E-state index contributed by atoms with van der Waals surface area (Å²) in [7, 11) is 0. The predicted octanol–water partition coefficient (Wildman–Crippen LogP) is 13.5. The van der Waals surface area contributed by atoms with E-state index in [1.54, 1.807) is 0 Å². The third-order valence-electron chi connectivity index (χ3n) is 10.8. The molecular weight excluding hydrogens is 623 g/mol. The smallest absolute Gasteiger partial charge is 0.0353 e. The van der Waals surface area contributed by atoms with Crippen molar-refractivity contribution >= 4 is 54.9 Å². The van der Waals surface area contributed by atoms with E-state index >= 15 is 0 Å². The molecule has 1 aliphatic carbocycles. The monoisotopic (exact) mass is 655 g/mol. The van der Waals surface area contributed by atoms with Crippen LogP contribution in [0.1, 0.15) is 25.0 Å². The highest BCUT2D eigenvalue weighted by molar-refractivity contribution is 7.99. The lowest BCUT2D eigenvalue weighted by molar-refractivity contribution is 0.660. The van der Waals surface area contributed by atoms with Gasteiger partial charge >= 0.3 is 0 Å². The summed E-state index contributed by atoms with van der Waals surface area (Å²) in [6.45, 7) is 4.69. The zero-order chi connectivity index (χ0) is 33.4. The first-order valence-corrected chi connectivity index (χ1v) is 18.1. The van der Waals surface area contributed by atoms with E-state index in [2.05, 4.69) is 177 Å². The molecular formula is C48H33NS. The average Bonchev–Trinajstić information content (AvgIpc) is 3.40. The number of fused-ring (bicyclic) bond motifs is 8. The predicted molar refractivity (Wildman–Crippen MR) is 213 cm³/mol. The normalized spacial score (nSPS) is 13.2. The second kappa shape index (κ2) is 11.2. The van der Waals surface area contributed by atoms with E-state index in [9.17, 15) is 0 Å². The summed E-state index contributed by atoms with van der Waals surface area (Å²) in [6, 6.07) is 55.9. The maximum atomic E-state index is 4.68. The van der Waals surface area contributed by atoms with Crippen molar-refractivity contribution in [2.24, 2.45) is 0 Å². The fourth-order valence-electron chi connectivity index (χ4n) is 8.36. The van der Waals surface area contributed by atoms with E-state index in [0.29, 0.717) is 0 Å². The van der Waals surface area contributed by atoms with Gasteiger partial charge in [-0.3, -0.25) is 4.98 Å². The Labute approximate surface area is 296 Å². The average molecular weight is 656 g/mol. The van der Waals surface area contributed by atoms with Crippen LogP contribution in [0.2, 0.25) is 0 Å². The Bertz CT molecular complexity index is 2750. The van der Waals surface area contributed by atoms with Gasteiger partial charge < -0.3 is 0 Å². The minimum absolute atomic E-state index is 0.0139. The molecule has 0 spiro atoms. The van der Waals surface area contributed by atoms with Crippen LogP contribution in [0.4, 0.5) is 0 Å². The summed E-state index contributed by atoms with van der Waals surface area (Å²) < 4.78 is 0. The largest absolute Gasteiger partial charge is 0.264 e. The van der Waals surface area contributed by atoms with Gasteiger partial charge in [-0.05, 0) is 113 Å². The third-order valence-corrected chi connectivity index (χ3v) is 12.0. The van der Waals surface area contributed by atoms with Gasteiger partial charge in [0, 0.05) is 33.0 Å². The van der Waals surface area contributed by atoms with E-state index in [0.717, 1.165) is 0 Å². The first-order chi connectivity index (χ1) is 24.6. The van der Waals surface area contributed by atoms with E-state index in [4.69, 9.17) is 0 Å². The molecule has 0 atom stereocenters. The fourth-order valence-corrected chi connectivity index (χ4v) is 9.44. The van der Waals surface area contributed by atoms with Gasteiger partial charge in [-0.1, -0.05) is 147 Å². The lowest BCUT2D eigenvalue weighted by atomic mass is 9.81. The maximum absolute atomic E-state index is 4.68. The number of rotatable bonds is 4. The van der Waals surface area contributed by atoms with Crippen LogP contribution in [0.5, 0.6) is 0 Å². The Morgan fingerprint density at radius 2 is 1.10 bits per heavy atom. The number of hydrogen-bond acceptors (Lipinski definition) is 2. The molecule has 1 aromatic heterocycles. The molecule has 0 amide bonds. The van der Waals surface area contributed by atoms with Crippen LogP contribution in [0.3, 0.4) is 0 Å². The number of nitrogens with zero attached hydrogens (tertiary/aromatic N) is 1. The van der Waals surface area contributed by atoms with Crippen LogP contribution < -0.4 is 0 Å². The van der Waals surface area contributed by atoms with Gasteiger partial charge in [0.2, 0.25) is 0 Å². The molecule has 0 fully saturated rings. The van der Waals surface area contributed by atoms with Gasteiger partial charge in [0.05, 0.1) is 0 Å². The Kier molecular flexibility index (Phi) is 6.53. The van der Waals surface area contributed by atoms with Gasteiger partial charge in [-0.2, -0.15) is 0 Å². The lowest BCUT2D eigenvalue weighted by Gasteiger charge is -2.22. The summed E-state index contributed by atoms with van der Waals surface area (Å²) in [5.41, 5.74) is 10.5. The number of benzene rings is 8. The van der Waals surface area contributed by atoms with Crippen LogP contribution in [-0.2, 0) is 5.41 Å². The number of pyridine rings is 1. The second-order valence-corrected chi connectivity index (χ2v) is 15.0. The molecule has 8 aromatic carbocycles. The SMILES string of the molecule is CC1(C)c2ccccc2-c2ccc(-c3ccc(Sc4c5ccccc5c(-c5cc6ccccc6c6ccccc56)c5cnccc45)cc3)cc21. The molecule has 50 heavy (non-hydrogen) atoms. The highest BCUT2D eigenvalue weighted by Crippen LogP contribution is 2.50. The molecule has 0 aliphatic heterocycles. The quantitative estimate of drug-likeness (QED) is 0.138. The Morgan fingerprint density at radius 3 is 1.94 bits per heavy atom. The molecule has 236 valence electrons. The highest BCUT2D eigenvalue weighted by atomic mass is 32.2. The Hall–Kier alpha value is -5.70. The number of hydrogen-bond donors (Lipinski definition) is 0. The molecule has 10 rings (SSSR count). The summed E-state index contributed by atoms with van der Waals surface area (Å²) in [5.74, 6) is 0. The van der Waals surface area contributed by atoms with Gasteiger partial charge in [0.1, 0.15) is 0 Å². The van der Waals surface area contributed by atoms with E-state index in [1.807, 2.05) is 18.0 Å². The summed E-state index contributed by atoms with van der Waals surface area (Å²) in [4.78, 5) is 7.16. The van der Waals surface area contributed by atoms with Crippen LogP contribution in [0, 0.1) is 0 Å².